The van der Waals surface area contributed by atoms with E-state index in [1.165, 1.54) is 18.4 Å². The third-order valence-corrected chi connectivity index (χ3v) is 4.67. The Labute approximate surface area is 144 Å². The molecule has 0 aromatic heterocycles. The Morgan fingerprint density at radius 3 is 2.25 bits per heavy atom. The Morgan fingerprint density at radius 1 is 0.958 bits per heavy atom. The maximum absolute atomic E-state index is 11.1. The second kappa shape index (κ2) is 8.32. The molecule has 0 aliphatic carbocycles. The van der Waals surface area contributed by atoms with Crippen LogP contribution in [0.4, 0.5) is 0 Å². The highest BCUT2D eigenvalue weighted by atomic mass is 16.5. The molecule has 1 aliphatic heterocycles. The first-order valence-corrected chi connectivity index (χ1v) is 8.99. The van der Waals surface area contributed by atoms with E-state index in [-0.39, 0.29) is 6.04 Å². The van der Waals surface area contributed by atoms with Crippen molar-refractivity contribution in [2.24, 2.45) is 0 Å². The first-order valence-electron chi connectivity index (χ1n) is 8.99. The van der Waals surface area contributed by atoms with E-state index >= 15 is 0 Å². The van der Waals surface area contributed by atoms with Gasteiger partial charge in [0.05, 0.1) is 18.8 Å². The number of rotatable bonds is 7. The van der Waals surface area contributed by atoms with Crippen molar-refractivity contribution in [2.45, 2.75) is 38.3 Å². The average molecular weight is 325 g/mol. The van der Waals surface area contributed by atoms with Gasteiger partial charge in [-0.15, -0.1) is 0 Å². The van der Waals surface area contributed by atoms with Crippen LogP contribution in [-0.2, 0) is 0 Å². The minimum Gasteiger partial charge on any atom is -0.494 e. The monoisotopic (exact) mass is 325 g/mol. The smallest absolute Gasteiger partial charge is 0.119 e. The van der Waals surface area contributed by atoms with Crippen LogP contribution in [0.2, 0.25) is 0 Å². The number of hydrogen-bond acceptors (Lipinski definition) is 3. The molecule has 0 saturated carbocycles. The van der Waals surface area contributed by atoms with Crippen molar-refractivity contribution in [1.29, 1.82) is 0 Å². The fraction of sp³-hybridized carbons (Fsp3) is 0.429. The molecular formula is C21H27NO2. The van der Waals surface area contributed by atoms with Gasteiger partial charge >= 0.3 is 0 Å². The van der Waals surface area contributed by atoms with E-state index in [9.17, 15) is 5.11 Å². The lowest BCUT2D eigenvalue weighted by atomic mass is 9.94. The summed E-state index contributed by atoms with van der Waals surface area (Å²) in [5.41, 5.74) is 2.12. The van der Waals surface area contributed by atoms with E-state index in [1.807, 2.05) is 42.5 Å². The Balaban J connectivity index is 1.81. The minimum absolute atomic E-state index is 0.0103. The largest absolute Gasteiger partial charge is 0.494 e. The van der Waals surface area contributed by atoms with E-state index in [0.717, 1.165) is 37.4 Å². The van der Waals surface area contributed by atoms with Crippen LogP contribution in [0.15, 0.2) is 54.6 Å². The zero-order valence-electron chi connectivity index (χ0n) is 14.4. The average Bonchev–Trinajstić information content (AvgIpc) is 3.15. The number of benzene rings is 2. The van der Waals surface area contributed by atoms with Crippen LogP contribution in [-0.4, -0.2) is 29.7 Å². The van der Waals surface area contributed by atoms with Crippen LogP contribution in [0.1, 0.15) is 49.5 Å². The molecule has 1 saturated heterocycles. The van der Waals surface area contributed by atoms with Crippen molar-refractivity contribution in [3.05, 3.63) is 65.7 Å². The molecule has 2 aromatic rings. The van der Waals surface area contributed by atoms with E-state index in [4.69, 9.17) is 4.74 Å². The summed E-state index contributed by atoms with van der Waals surface area (Å²) in [5.74, 6) is 0.866. The second-order valence-electron chi connectivity index (χ2n) is 6.46. The molecule has 0 spiro atoms. The van der Waals surface area contributed by atoms with Crippen molar-refractivity contribution < 1.29 is 9.84 Å². The molecule has 2 aromatic carbocycles. The van der Waals surface area contributed by atoms with Crippen LogP contribution < -0.4 is 4.74 Å². The van der Waals surface area contributed by atoms with Gasteiger partial charge in [-0.3, -0.25) is 4.90 Å². The highest BCUT2D eigenvalue weighted by Gasteiger charge is 2.30. The fourth-order valence-electron chi connectivity index (χ4n) is 3.43. The highest BCUT2D eigenvalue weighted by Crippen LogP contribution is 2.36. The molecule has 1 fully saturated rings. The first kappa shape index (κ1) is 17.0. The molecule has 0 bridgehead atoms. The topological polar surface area (TPSA) is 32.7 Å². The zero-order valence-corrected chi connectivity index (χ0v) is 14.4. The van der Waals surface area contributed by atoms with Gasteiger partial charge in [0.2, 0.25) is 0 Å². The Morgan fingerprint density at radius 2 is 1.62 bits per heavy atom. The third kappa shape index (κ3) is 3.97. The van der Waals surface area contributed by atoms with Gasteiger partial charge in [-0.2, -0.15) is 0 Å². The maximum Gasteiger partial charge on any atom is 0.119 e. The third-order valence-electron chi connectivity index (χ3n) is 4.67. The van der Waals surface area contributed by atoms with Crippen LogP contribution in [0, 0.1) is 0 Å². The highest BCUT2D eigenvalue weighted by molar-refractivity contribution is 5.31. The van der Waals surface area contributed by atoms with Gasteiger partial charge in [0.15, 0.2) is 0 Å². The van der Waals surface area contributed by atoms with Crippen LogP contribution >= 0.6 is 0 Å². The lowest BCUT2D eigenvalue weighted by Crippen LogP contribution is -2.30. The summed E-state index contributed by atoms with van der Waals surface area (Å²) in [6.45, 7) is 4.92. The van der Waals surface area contributed by atoms with E-state index in [2.05, 4.69) is 24.0 Å². The predicted molar refractivity (Wildman–Crippen MR) is 97.2 cm³/mol. The van der Waals surface area contributed by atoms with Gasteiger partial charge in [-0.1, -0.05) is 49.4 Å². The van der Waals surface area contributed by atoms with Crippen molar-refractivity contribution >= 4 is 0 Å². The number of aliphatic hydroxyl groups excluding tert-OH is 1. The van der Waals surface area contributed by atoms with Gasteiger partial charge in [-0.05, 0) is 55.6 Å². The number of likely N-dealkylation sites (tertiary alicyclic amines) is 1. The van der Waals surface area contributed by atoms with Crippen molar-refractivity contribution in [2.75, 3.05) is 19.7 Å². The van der Waals surface area contributed by atoms with Gasteiger partial charge in [-0.25, -0.2) is 0 Å². The second-order valence-corrected chi connectivity index (χ2v) is 6.46. The Kier molecular flexibility index (Phi) is 5.89. The number of nitrogens with zero attached hydrogens (tertiary/aromatic N) is 1. The molecule has 3 rings (SSSR count). The van der Waals surface area contributed by atoms with Gasteiger partial charge < -0.3 is 9.84 Å². The first-order chi connectivity index (χ1) is 11.8. The minimum atomic E-state index is -0.536. The summed E-state index contributed by atoms with van der Waals surface area (Å²) in [6, 6.07) is 18.3. The molecule has 3 nitrogen and oxygen atoms in total. The number of aliphatic hydroxyl groups is 1. The molecule has 24 heavy (non-hydrogen) atoms. The van der Waals surface area contributed by atoms with Crippen molar-refractivity contribution in [3.63, 3.8) is 0 Å². The fourth-order valence-corrected chi connectivity index (χ4v) is 3.43. The van der Waals surface area contributed by atoms with Crippen LogP contribution in [0.25, 0.3) is 0 Å². The molecule has 1 aliphatic rings. The number of hydrogen-bond donors (Lipinski definition) is 1. The lowest BCUT2D eigenvalue weighted by Gasteiger charge is -2.32. The summed E-state index contributed by atoms with van der Waals surface area (Å²) in [5, 5.41) is 11.1. The zero-order chi connectivity index (χ0) is 16.8. The number of ether oxygens (including phenoxy) is 1. The maximum atomic E-state index is 11.1. The Bertz CT molecular complexity index is 605. The molecule has 0 radical (unpaired) electrons. The summed E-state index contributed by atoms with van der Waals surface area (Å²) in [4.78, 5) is 2.40. The molecule has 1 N–H and O–H groups in total. The molecule has 1 heterocycles. The van der Waals surface area contributed by atoms with Crippen molar-refractivity contribution in [3.8, 4) is 5.75 Å². The summed E-state index contributed by atoms with van der Waals surface area (Å²) in [6.07, 6.45) is 2.88. The van der Waals surface area contributed by atoms with Crippen LogP contribution in [0.5, 0.6) is 5.75 Å². The van der Waals surface area contributed by atoms with Crippen LogP contribution in [0.3, 0.4) is 0 Å². The van der Waals surface area contributed by atoms with E-state index < -0.39 is 6.10 Å². The van der Waals surface area contributed by atoms with Gasteiger partial charge in [0, 0.05) is 0 Å². The standard InChI is InChI=1S/C21H27NO2/c1-2-16-24-19-12-10-18(11-13-19)21(23)20(22-14-6-7-15-22)17-8-4-3-5-9-17/h3-5,8-13,20-21,23H,2,6-7,14-16H2,1H3. The van der Waals surface area contributed by atoms with E-state index in [1.54, 1.807) is 0 Å². The Hall–Kier alpha value is -1.84. The summed E-state index contributed by atoms with van der Waals surface area (Å²) < 4.78 is 5.64. The molecular weight excluding hydrogens is 298 g/mol. The molecule has 2 atom stereocenters. The SMILES string of the molecule is CCCOc1ccc(C(O)C(c2ccccc2)N2CCCC2)cc1. The van der Waals surface area contributed by atoms with E-state index in [0.29, 0.717) is 0 Å². The normalized spacial score (nSPS) is 17.6. The lowest BCUT2D eigenvalue weighted by molar-refractivity contribution is 0.0607. The molecule has 128 valence electrons. The molecule has 3 heteroatoms. The van der Waals surface area contributed by atoms with Gasteiger partial charge in [0.1, 0.15) is 5.75 Å². The summed E-state index contributed by atoms with van der Waals surface area (Å²) >= 11 is 0. The molecule has 2 unspecified atom stereocenters. The predicted octanol–water partition coefficient (Wildman–Crippen LogP) is 4.35. The van der Waals surface area contributed by atoms with Crippen molar-refractivity contribution in [1.82, 2.24) is 4.90 Å². The molecule has 0 amide bonds. The van der Waals surface area contributed by atoms with Gasteiger partial charge in [0.25, 0.3) is 0 Å². The quantitative estimate of drug-likeness (QED) is 0.821. The summed E-state index contributed by atoms with van der Waals surface area (Å²) in [7, 11) is 0.